The zero-order chi connectivity index (χ0) is 12.8. The summed E-state index contributed by atoms with van der Waals surface area (Å²) in [6.07, 6.45) is 3.06. The molecule has 0 bridgehead atoms. The van der Waals surface area contributed by atoms with Crippen LogP contribution in [-0.4, -0.2) is 31.5 Å². The lowest BCUT2D eigenvalue weighted by molar-refractivity contribution is 0.0982. The summed E-state index contributed by atoms with van der Waals surface area (Å²) in [5, 5.41) is 1.25. The normalized spacial score (nSPS) is 11.2. The first-order chi connectivity index (χ1) is 8.81. The number of halogens is 1. The van der Waals surface area contributed by atoms with Gasteiger partial charge in [-0.15, -0.1) is 0 Å². The molecule has 1 aromatic carbocycles. The van der Waals surface area contributed by atoms with E-state index < -0.39 is 0 Å². The highest BCUT2D eigenvalue weighted by molar-refractivity contribution is 9.10. The average Bonchev–Trinajstić information content (AvgIpc) is 2.76. The number of methoxy groups -OCH3 is 1. The highest BCUT2D eigenvalue weighted by Gasteiger charge is 2.01. The summed E-state index contributed by atoms with van der Waals surface area (Å²) in [5.74, 6) is 0. The molecule has 0 fully saturated rings. The molecule has 0 aliphatic heterocycles. The molecule has 1 aromatic heterocycles. The fourth-order valence-electron chi connectivity index (χ4n) is 1.94. The molecule has 0 aliphatic carbocycles. The molecule has 0 amide bonds. The van der Waals surface area contributed by atoms with Gasteiger partial charge in [-0.25, -0.2) is 0 Å². The minimum atomic E-state index is 0.740. The molecule has 4 heteroatoms. The van der Waals surface area contributed by atoms with Crippen molar-refractivity contribution in [1.82, 2.24) is 4.57 Å². The van der Waals surface area contributed by atoms with Gasteiger partial charge in [-0.05, 0) is 30.7 Å². The molecular weight excluding hydrogens is 294 g/mol. The first-order valence-corrected chi connectivity index (χ1v) is 6.91. The summed E-state index contributed by atoms with van der Waals surface area (Å²) in [4.78, 5) is 0. The minimum Gasteiger partial charge on any atom is -0.385 e. The van der Waals surface area contributed by atoms with Crippen molar-refractivity contribution in [2.24, 2.45) is 0 Å². The SMILES string of the molecule is COCCCOCCn1ccc2cc(Br)ccc21. The molecule has 1 heterocycles. The van der Waals surface area contributed by atoms with Gasteiger partial charge in [-0.3, -0.25) is 0 Å². The number of aromatic nitrogens is 1. The van der Waals surface area contributed by atoms with Gasteiger partial charge in [-0.2, -0.15) is 0 Å². The van der Waals surface area contributed by atoms with Gasteiger partial charge in [0.15, 0.2) is 0 Å². The van der Waals surface area contributed by atoms with Crippen molar-refractivity contribution in [2.75, 3.05) is 26.9 Å². The van der Waals surface area contributed by atoms with E-state index in [1.807, 2.05) is 0 Å². The molecule has 0 radical (unpaired) electrons. The summed E-state index contributed by atoms with van der Waals surface area (Å²) in [6, 6.07) is 8.46. The fraction of sp³-hybridized carbons (Fsp3) is 0.429. The highest BCUT2D eigenvalue weighted by Crippen LogP contribution is 2.20. The lowest BCUT2D eigenvalue weighted by Crippen LogP contribution is -2.06. The Labute approximate surface area is 116 Å². The van der Waals surface area contributed by atoms with E-state index >= 15 is 0 Å². The van der Waals surface area contributed by atoms with Crippen LogP contribution in [0.4, 0.5) is 0 Å². The van der Waals surface area contributed by atoms with Gasteiger partial charge in [0.05, 0.1) is 6.61 Å². The Morgan fingerprint density at radius 2 is 2.06 bits per heavy atom. The molecule has 0 unspecified atom stereocenters. The molecule has 0 saturated heterocycles. The molecule has 0 N–H and O–H groups in total. The fourth-order valence-corrected chi connectivity index (χ4v) is 2.32. The van der Waals surface area contributed by atoms with Crippen molar-refractivity contribution in [3.05, 3.63) is 34.9 Å². The van der Waals surface area contributed by atoms with E-state index in [-0.39, 0.29) is 0 Å². The third-order valence-electron chi connectivity index (χ3n) is 2.85. The first kappa shape index (κ1) is 13.6. The van der Waals surface area contributed by atoms with Crippen molar-refractivity contribution in [3.8, 4) is 0 Å². The standard InChI is InChI=1S/C14H18BrNO2/c1-17-8-2-9-18-10-7-16-6-5-12-11-13(15)3-4-14(12)16/h3-6,11H,2,7-10H2,1H3. The van der Waals surface area contributed by atoms with Gasteiger partial charge in [0.25, 0.3) is 0 Å². The van der Waals surface area contributed by atoms with Gasteiger partial charge < -0.3 is 14.0 Å². The monoisotopic (exact) mass is 311 g/mol. The number of ether oxygens (including phenoxy) is 2. The quantitative estimate of drug-likeness (QED) is 0.731. The number of benzene rings is 1. The number of nitrogens with zero attached hydrogens (tertiary/aromatic N) is 1. The molecule has 0 saturated carbocycles. The Morgan fingerprint density at radius 1 is 1.17 bits per heavy atom. The van der Waals surface area contributed by atoms with Crippen molar-refractivity contribution in [3.63, 3.8) is 0 Å². The van der Waals surface area contributed by atoms with Gasteiger partial charge in [0, 0.05) is 48.4 Å². The van der Waals surface area contributed by atoms with E-state index in [2.05, 4.69) is 51.0 Å². The molecule has 2 aromatic rings. The lowest BCUT2D eigenvalue weighted by Gasteiger charge is -2.07. The van der Waals surface area contributed by atoms with Crippen LogP contribution in [0.2, 0.25) is 0 Å². The van der Waals surface area contributed by atoms with E-state index in [9.17, 15) is 0 Å². The largest absolute Gasteiger partial charge is 0.385 e. The van der Waals surface area contributed by atoms with Crippen LogP contribution in [0, 0.1) is 0 Å². The lowest BCUT2D eigenvalue weighted by atomic mass is 10.2. The first-order valence-electron chi connectivity index (χ1n) is 6.12. The Balaban J connectivity index is 1.84. The number of fused-ring (bicyclic) bond motifs is 1. The van der Waals surface area contributed by atoms with Crippen molar-refractivity contribution >= 4 is 26.8 Å². The van der Waals surface area contributed by atoms with E-state index in [1.165, 1.54) is 10.9 Å². The zero-order valence-corrected chi connectivity index (χ0v) is 12.1. The zero-order valence-electron chi connectivity index (χ0n) is 10.6. The van der Waals surface area contributed by atoms with E-state index in [1.54, 1.807) is 7.11 Å². The van der Waals surface area contributed by atoms with Gasteiger partial charge >= 0.3 is 0 Å². The van der Waals surface area contributed by atoms with Gasteiger partial charge in [0.1, 0.15) is 0 Å². The van der Waals surface area contributed by atoms with Crippen LogP contribution in [0.15, 0.2) is 34.9 Å². The van der Waals surface area contributed by atoms with Gasteiger partial charge in [-0.1, -0.05) is 15.9 Å². The van der Waals surface area contributed by atoms with Crippen LogP contribution in [0.1, 0.15) is 6.42 Å². The summed E-state index contributed by atoms with van der Waals surface area (Å²) >= 11 is 3.48. The van der Waals surface area contributed by atoms with Crippen LogP contribution in [0.25, 0.3) is 10.9 Å². The molecule has 0 spiro atoms. The minimum absolute atomic E-state index is 0.740. The average molecular weight is 312 g/mol. The molecule has 0 atom stereocenters. The predicted octanol–water partition coefficient (Wildman–Crippen LogP) is 3.46. The second kappa shape index (κ2) is 6.92. The Kier molecular flexibility index (Phi) is 5.23. The molecule has 98 valence electrons. The maximum atomic E-state index is 5.57. The third-order valence-corrected chi connectivity index (χ3v) is 3.34. The van der Waals surface area contributed by atoms with Crippen LogP contribution in [0.5, 0.6) is 0 Å². The summed E-state index contributed by atoms with van der Waals surface area (Å²) < 4.78 is 13.9. The number of hydrogen-bond acceptors (Lipinski definition) is 2. The molecule has 0 aliphatic rings. The smallest absolute Gasteiger partial charge is 0.0645 e. The van der Waals surface area contributed by atoms with Gasteiger partial charge in [0.2, 0.25) is 0 Å². The molecule has 2 rings (SSSR count). The van der Waals surface area contributed by atoms with Crippen LogP contribution in [-0.2, 0) is 16.0 Å². The van der Waals surface area contributed by atoms with E-state index in [0.717, 1.165) is 37.3 Å². The van der Waals surface area contributed by atoms with Crippen molar-refractivity contribution < 1.29 is 9.47 Å². The van der Waals surface area contributed by atoms with E-state index in [0.29, 0.717) is 0 Å². The maximum Gasteiger partial charge on any atom is 0.0645 e. The second-order valence-corrected chi connectivity index (χ2v) is 5.09. The summed E-state index contributed by atoms with van der Waals surface area (Å²) in [5.41, 5.74) is 1.25. The molecule has 3 nitrogen and oxygen atoms in total. The second-order valence-electron chi connectivity index (χ2n) is 4.17. The Morgan fingerprint density at radius 3 is 2.89 bits per heavy atom. The summed E-state index contributed by atoms with van der Waals surface area (Å²) in [7, 11) is 1.71. The van der Waals surface area contributed by atoms with Crippen LogP contribution < -0.4 is 0 Å². The third kappa shape index (κ3) is 3.57. The number of rotatable bonds is 7. The van der Waals surface area contributed by atoms with E-state index in [4.69, 9.17) is 9.47 Å². The van der Waals surface area contributed by atoms with Crippen LogP contribution >= 0.6 is 15.9 Å². The molecule has 18 heavy (non-hydrogen) atoms. The highest BCUT2D eigenvalue weighted by atomic mass is 79.9. The van der Waals surface area contributed by atoms with Crippen molar-refractivity contribution in [2.45, 2.75) is 13.0 Å². The predicted molar refractivity (Wildman–Crippen MR) is 77.0 cm³/mol. The summed E-state index contributed by atoms with van der Waals surface area (Å²) in [6.45, 7) is 3.15. The maximum absolute atomic E-state index is 5.57. The number of hydrogen-bond donors (Lipinski definition) is 0. The molecular formula is C14H18BrNO2. The van der Waals surface area contributed by atoms with Crippen LogP contribution in [0.3, 0.4) is 0 Å². The van der Waals surface area contributed by atoms with Crippen molar-refractivity contribution in [1.29, 1.82) is 0 Å². The topological polar surface area (TPSA) is 23.4 Å². The Hall–Kier alpha value is -0.840. The Bertz CT molecular complexity index is 495.